The fourth-order valence-corrected chi connectivity index (χ4v) is 2.17. The number of aromatic nitrogens is 2. The molecule has 0 unspecified atom stereocenters. The predicted molar refractivity (Wildman–Crippen MR) is 69.2 cm³/mol. The number of H-pyrrole nitrogens is 1. The summed E-state index contributed by atoms with van der Waals surface area (Å²) in [4.78, 5) is 7.19. The molecule has 3 rings (SSSR count). The van der Waals surface area contributed by atoms with E-state index in [0.717, 1.165) is 28.0 Å². The van der Waals surface area contributed by atoms with Crippen LogP contribution in [0.15, 0.2) is 42.5 Å². The summed E-state index contributed by atoms with van der Waals surface area (Å²) >= 11 is 6.24. The predicted octanol–water partition coefficient (Wildman–Crippen LogP) is 3.61. The lowest BCUT2D eigenvalue weighted by molar-refractivity contribution is 1.20. The van der Waals surface area contributed by atoms with E-state index in [1.165, 1.54) is 5.56 Å². The standard InChI is InChI=1S/C14H10ClN2/c15-12-6-7-13-14(17-9-16-13)11(12)8-10-4-2-1-3-5-10/h1-7H,8H2,(H,16,17). The van der Waals surface area contributed by atoms with Gasteiger partial charge in [0.2, 0.25) is 0 Å². The van der Waals surface area contributed by atoms with Crippen LogP contribution in [0.4, 0.5) is 0 Å². The number of nitrogens with one attached hydrogen (secondary N) is 1. The van der Waals surface area contributed by atoms with Crippen molar-refractivity contribution in [2.24, 2.45) is 0 Å². The average molecular weight is 242 g/mol. The Balaban J connectivity index is 2.10. The van der Waals surface area contributed by atoms with Gasteiger partial charge in [-0.05, 0) is 17.7 Å². The highest BCUT2D eigenvalue weighted by molar-refractivity contribution is 6.32. The molecule has 1 heterocycles. The zero-order valence-corrected chi connectivity index (χ0v) is 9.83. The van der Waals surface area contributed by atoms with Gasteiger partial charge in [0, 0.05) is 17.0 Å². The van der Waals surface area contributed by atoms with Crippen molar-refractivity contribution >= 4 is 22.6 Å². The van der Waals surface area contributed by atoms with Gasteiger partial charge < -0.3 is 4.98 Å². The van der Waals surface area contributed by atoms with Crippen LogP contribution in [0.3, 0.4) is 0 Å². The van der Waals surface area contributed by atoms with Crippen molar-refractivity contribution in [1.82, 2.24) is 9.97 Å². The van der Waals surface area contributed by atoms with Crippen molar-refractivity contribution in [2.75, 3.05) is 0 Å². The van der Waals surface area contributed by atoms with Crippen LogP contribution in [0.2, 0.25) is 5.02 Å². The molecule has 1 N–H and O–H groups in total. The molecule has 0 atom stereocenters. The molecule has 0 bridgehead atoms. The molecule has 2 aromatic carbocycles. The van der Waals surface area contributed by atoms with Crippen LogP contribution in [0.25, 0.3) is 11.0 Å². The van der Waals surface area contributed by atoms with Crippen LogP contribution in [0, 0.1) is 6.33 Å². The van der Waals surface area contributed by atoms with Crippen molar-refractivity contribution in [2.45, 2.75) is 6.42 Å². The maximum Gasteiger partial charge on any atom is 0.174 e. The molecule has 0 saturated carbocycles. The van der Waals surface area contributed by atoms with E-state index in [-0.39, 0.29) is 0 Å². The molecule has 1 radical (unpaired) electrons. The highest BCUT2D eigenvalue weighted by Crippen LogP contribution is 2.26. The Labute approximate surface area is 104 Å². The molecular weight excluding hydrogens is 232 g/mol. The molecule has 0 aliphatic carbocycles. The number of hydrogen-bond donors (Lipinski definition) is 1. The van der Waals surface area contributed by atoms with Gasteiger partial charge in [-0.1, -0.05) is 41.9 Å². The minimum absolute atomic E-state index is 0.752. The molecule has 0 spiro atoms. The minimum Gasteiger partial charge on any atom is -0.335 e. The van der Waals surface area contributed by atoms with Crippen molar-refractivity contribution in [3.05, 3.63) is 64.9 Å². The normalized spacial score (nSPS) is 10.9. The van der Waals surface area contributed by atoms with Gasteiger partial charge in [0.05, 0.1) is 11.0 Å². The summed E-state index contributed by atoms with van der Waals surface area (Å²) in [6.45, 7) is 0. The Morgan fingerprint density at radius 3 is 2.76 bits per heavy atom. The molecule has 0 saturated heterocycles. The summed E-state index contributed by atoms with van der Waals surface area (Å²) in [7, 11) is 0. The van der Waals surface area contributed by atoms with E-state index in [2.05, 4.69) is 28.4 Å². The van der Waals surface area contributed by atoms with Gasteiger partial charge in [0.25, 0.3) is 0 Å². The molecular formula is C14H10ClN2. The lowest BCUT2D eigenvalue weighted by Crippen LogP contribution is -1.91. The van der Waals surface area contributed by atoms with Crippen LogP contribution in [-0.2, 0) is 6.42 Å². The number of hydrogen-bond acceptors (Lipinski definition) is 1. The summed E-state index contributed by atoms with van der Waals surface area (Å²) < 4.78 is 0. The second-order valence-electron chi connectivity index (χ2n) is 3.93. The van der Waals surface area contributed by atoms with E-state index in [9.17, 15) is 0 Å². The summed E-state index contributed by atoms with van der Waals surface area (Å²) in [5, 5.41) is 0.752. The van der Waals surface area contributed by atoms with Crippen molar-refractivity contribution in [3.63, 3.8) is 0 Å². The molecule has 3 heteroatoms. The van der Waals surface area contributed by atoms with Gasteiger partial charge in [-0.2, -0.15) is 0 Å². The molecule has 0 amide bonds. The molecule has 2 nitrogen and oxygen atoms in total. The summed E-state index contributed by atoms with van der Waals surface area (Å²) in [6, 6.07) is 14.1. The van der Waals surface area contributed by atoms with Crippen LogP contribution in [-0.4, -0.2) is 9.97 Å². The van der Waals surface area contributed by atoms with Crippen LogP contribution < -0.4 is 0 Å². The quantitative estimate of drug-likeness (QED) is 0.730. The first-order chi connectivity index (χ1) is 8.34. The topological polar surface area (TPSA) is 28.7 Å². The van der Waals surface area contributed by atoms with E-state index < -0.39 is 0 Å². The fourth-order valence-electron chi connectivity index (χ4n) is 1.95. The number of aromatic amines is 1. The maximum absolute atomic E-state index is 6.24. The largest absolute Gasteiger partial charge is 0.335 e. The summed E-state index contributed by atoms with van der Waals surface area (Å²) in [5.74, 6) is 0. The fraction of sp³-hybridized carbons (Fsp3) is 0.0714. The smallest absolute Gasteiger partial charge is 0.174 e. The highest BCUT2D eigenvalue weighted by atomic mass is 35.5. The molecule has 17 heavy (non-hydrogen) atoms. The molecule has 0 aliphatic heterocycles. The summed E-state index contributed by atoms with van der Waals surface area (Å²) in [5.41, 5.74) is 4.15. The second-order valence-corrected chi connectivity index (χ2v) is 4.34. The number of fused-ring (bicyclic) bond motifs is 1. The number of rotatable bonds is 2. The van der Waals surface area contributed by atoms with Gasteiger partial charge in [0.1, 0.15) is 0 Å². The van der Waals surface area contributed by atoms with Gasteiger partial charge in [0.15, 0.2) is 6.33 Å². The van der Waals surface area contributed by atoms with Crippen molar-refractivity contribution < 1.29 is 0 Å². The number of imidazole rings is 1. The Kier molecular flexibility index (Phi) is 2.57. The average Bonchev–Trinajstić information content (AvgIpc) is 2.83. The lowest BCUT2D eigenvalue weighted by atomic mass is 10.0. The van der Waals surface area contributed by atoms with E-state index in [1.807, 2.05) is 30.3 Å². The maximum atomic E-state index is 6.24. The van der Waals surface area contributed by atoms with Crippen molar-refractivity contribution in [1.29, 1.82) is 0 Å². The third-order valence-electron chi connectivity index (χ3n) is 2.81. The molecule has 1 aromatic heterocycles. The van der Waals surface area contributed by atoms with E-state index in [1.54, 1.807) is 0 Å². The lowest BCUT2D eigenvalue weighted by Gasteiger charge is -2.05. The summed E-state index contributed by atoms with van der Waals surface area (Å²) in [6.07, 6.45) is 3.54. The highest BCUT2D eigenvalue weighted by Gasteiger charge is 2.09. The SMILES string of the molecule is Clc1ccc2[nH][c]nc2c1Cc1ccccc1. The Morgan fingerprint density at radius 1 is 1.12 bits per heavy atom. The van der Waals surface area contributed by atoms with Gasteiger partial charge >= 0.3 is 0 Å². The number of benzene rings is 2. The molecule has 83 valence electrons. The number of nitrogens with zero attached hydrogens (tertiary/aromatic N) is 1. The third kappa shape index (κ3) is 1.92. The van der Waals surface area contributed by atoms with Crippen LogP contribution in [0.5, 0.6) is 0 Å². The third-order valence-corrected chi connectivity index (χ3v) is 3.16. The Hall–Kier alpha value is -1.80. The molecule has 3 aromatic rings. The van der Waals surface area contributed by atoms with Crippen LogP contribution >= 0.6 is 11.6 Å². The molecule has 0 aliphatic rings. The molecule has 0 fully saturated rings. The first-order valence-electron chi connectivity index (χ1n) is 5.41. The van der Waals surface area contributed by atoms with E-state index >= 15 is 0 Å². The Morgan fingerprint density at radius 2 is 1.94 bits per heavy atom. The van der Waals surface area contributed by atoms with Crippen molar-refractivity contribution in [3.8, 4) is 0 Å². The zero-order valence-electron chi connectivity index (χ0n) is 9.07. The van der Waals surface area contributed by atoms with E-state index in [0.29, 0.717) is 0 Å². The minimum atomic E-state index is 0.752. The zero-order chi connectivity index (χ0) is 11.7. The van der Waals surface area contributed by atoms with E-state index in [4.69, 9.17) is 11.6 Å². The van der Waals surface area contributed by atoms with Crippen LogP contribution in [0.1, 0.15) is 11.1 Å². The van der Waals surface area contributed by atoms with Gasteiger partial charge in [-0.3, -0.25) is 0 Å². The first kappa shape index (κ1) is 10.4. The first-order valence-corrected chi connectivity index (χ1v) is 5.79. The second kappa shape index (κ2) is 4.22. The van der Waals surface area contributed by atoms with Gasteiger partial charge in [-0.15, -0.1) is 0 Å². The monoisotopic (exact) mass is 241 g/mol. The Bertz CT molecular complexity index is 644. The van der Waals surface area contributed by atoms with Gasteiger partial charge in [-0.25, -0.2) is 4.98 Å². The number of halogens is 1.